The maximum Gasteiger partial charge on any atom is 0.293 e. The number of aryl methyl sites for hydroxylation is 1. The van der Waals surface area contributed by atoms with Gasteiger partial charge >= 0.3 is 0 Å². The summed E-state index contributed by atoms with van der Waals surface area (Å²) in [6.07, 6.45) is 1.72. The lowest BCUT2D eigenvalue weighted by molar-refractivity contribution is -0.123. The van der Waals surface area contributed by atoms with Gasteiger partial charge < -0.3 is 9.47 Å². The second kappa shape index (κ2) is 10.3. The zero-order chi connectivity index (χ0) is 25.1. The van der Waals surface area contributed by atoms with Gasteiger partial charge in [0.25, 0.3) is 11.1 Å². The fourth-order valence-electron chi connectivity index (χ4n) is 4.24. The summed E-state index contributed by atoms with van der Waals surface area (Å²) in [6.45, 7) is 2.70. The van der Waals surface area contributed by atoms with Gasteiger partial charge in [0.15, 0.2) is 11.5 Å². The zero-order valence-corrected chi connectivity index (χ0v) is 20.9. The third-order valence-electron chi connectivity index (χ3n) is 6.04. The summed E-state index contributed by atoms with van der Waals surface area (Å²) >= 11 is 0.954. The molecule has 0 N–H and O–H groups in total. The Balaban J connectivity index is 1.33. The molecule has 2 amide bonds. The molecule has 0 radical (unpaired) electrons. The van der Waals surface area contributed by atoms with Gasteiger partial charge in [-0.3, -0.25) is 14.5 Å². The number of fused-ring (bicyclic) bond motifs is 1. The molecule has 36 heavy (non-hydrogen) atoms. The smallest absolute Gasteiger partial charge is 0.293 e. The molecule has 5 rings (SSSR count). The van der Waals surface area contributed by atoms with E-state index in [0.29, 0.717) is 23.0 Å². The molecular weight excluding hydrogens is 470 g/mol. The number of carbonyl (C=O) groups excluding carboxylic acids is 2. The minimum absolute atomic E-state index is 0.235. The maximum absolute atomic E-state index is 13.1. The van der Waals surface area contributed by atoms with Crippen molar-refractivity contribution in [1.29, 1.82) is 0 Å². The van der Waals surface area contributed by atoms with E-state index in [0.717, 1.165) is 39.2 Å². The first kappa shape index (κ1) is 23.7. The van der Waals surface area contributed by atoms with Crippen molar-refractivity contribution in [1.82, 2.24) is 4.90 Å². The van der Waals surface area contributed by atoms with E-state index >= 15 is 0 Å². The van der Waals surface area contributed by atoms with Crippen LogP contribution in [0, 0.1) is 6.92 Å². The second-order valence-corrected chi connectivity index (χ2v) is 9.59. The number of methoxy groups -OCH3 is 1. The van der Waals surface area contributed by atoms with E-state index in [2.05, 4.69) is 6.07 Å². The molecule has 1 heterocycles. The van der Waals surface area contributed by atoms with Crippen LogP contribution in [0.25, 0.3) is 16.8 Å². The van der Waals surface area contributed by atoms with E-state index < -0.39 is 0 Å². The summed E-state index contributed by atoms with van der Waals surface area (Å²) in [7, 11) is 1.58. The molecule has 5 nitrogen and oxygen atoms in total. The number of amides is 2. The molecule has 4 aromatic carbocycles. The van der Waals surface area contributed by atoms with Crippen LogP contribution in [-0.4, -0.2) is 23.2 Å². The highest BCUT2D eigenvalue weighted by molar-refractivity contribution is 8.18. The lowest BCUT2D eigenvalue weighted by Crippen LogP contribution is -2.27. The van der Waals surface area contributed by atoms with Crippen molar-refractivity contribution >= 4 is 39.8 Å². The molecule has 1 saturated heterocycles. The van der Waals surface area contributed by atoms with E-state index in [1.807, 2.05) is 85.8 Å². The maximum atomic E-state index is 13.1. The number of ether oxygens (including phenoxy) is 2. The predicted octanol–water partition coefficient (Wildman–Crippen LogP) is 6.97. The lowest BCUT2D eigenvalue weighted by atomic mass is 10.0. The summed E-state index contributed by atoms with van der Waals surface area (Å²) in [4.78, 5) is 27.5. The zero-order valence-electron chi connectivity index (χ0n) is 20.1. The first-order chi connectivity index (χ1) is 17.5. The molecular formula is C30H25NO4S. The Morgan fingerprint density at radius 1 is 0.889 bits per heavy atom. The Labute approximate surface area is 214 Å². The van der Waals surface area contributed by atoms with Gasteiger partial charge in [0.2, 0.25) is 0 Å². The van der Waals surface area contributed by atoms with Crippen molar-refractivity contribution in [2.75, 3.05) is 7.11 Å². The van der Waals surface area contributed by atoms with Gasteiger partial charge in [-0.05, 0) is 64.4 Å². The molecule has 1 fully saturated rings. The van der Waals surface area contributed by atoms with Gasteiger partial charge in [-0.1, -0.05) is 78.4 Å². The molecule has 0 aromatic heterocycles. The Hall–Kier alpha value is -4.03. The number of benzene rings is 4. The minimum atomic E-state index is -0.295. The average molecular weight is 496 g/mol. The Kier molecular flexibility index (Phi) is 6.78. The number of hydrogen-bond donors (Lipinski definition) is 0. The van der Waals surface area contributed by atoms with Crippen LogP contribution < -0.4 is 9.47 Å². The summed E-state index contributed by atoms with van der Waals surface area (Å²) in [6, 6.07) is 27.5. The first-order valence-electron chi connectivity index (χ1n) is 11.6. The van der Waals surface area contributed by atoms with Crippen LogP contribution in [0.2, 0.25) is 0 Å². The van der Waals surface area contributed by atoms with E-state index in [-0.39, 0.29) is 17.7 Å². The van der Waals surface area contributed by atoms with Crippen molar-refractivity contribution in [3.63, 3.8) is 0 Å². The third-order valence-corrected chi connectivity index (χ3v) is 6.95. The molecule has 0 unspecified atom stereocenters. The fraction of sp³-hybridized carbons (Fsp3) is 0.133. The van der Waals surface area contributed by atoms with Crippen LogP contribution in [0.5, 0.6) is 11.5 Å². The number of hydrogen-bond acceptors (Lipinski definition) is 5. The summed E-state index contributed by atoms with van der Waals surface area (Å²) in [5.74, 6) is 0.878. The summed E-state index contributed by atoms with van der Waals surface area (Å²) in [5.41, 5.74) is 3.94. The monoisotopic (exact) mass is 495 g/mol. The van der Waals surface area contributed by atoms with E-state index in [9.17, 15) is 9.59 Å². The molecule has 0 spiro atoms. The van der Waals surface area contributed by atoms with Crippen molar-refractivity contribution in [3.8, 4) is 11.5 Å². The van der Waals surface area contributed by atoms with Gasteiger partial charge in [-0.2, -0.15) is 0 Å². The van der Waals surface area contributed by atoms with Gasteiger partial charge in [0, 0.05) is 0 Å². The number of thioether (sulfide) groups is 1. The molecule has 180 valence electrons. The standard InChI is InChI=1S/C30H25NO4S/c1-20-7-5-8-22(15-20)19-35-26-14-13-21(16-27(26)34-2)17-28-29(32)31(30(33)36-28)18-24-11-6-10-23-9-3-4-12-25(23)24/h3-17H,18-19H2,1-2H3/b28-17-. The van der Waals surface area contributed by atoms with E-state index in [1.165, 1.54) is 10.5 Å². The van der Waals surface area contributed by atoms with Gasteiger partial charge in [0.05, 0.1) is 18.6 Å². The fourth-order valence-corrected chi connectivity index (χ4v) is 5.08. The van der Waals surface area contributed by atoms with Crippen LogP contribution >= 0.6 is 11.8 Å². The third kappa shape index (κ3) is 4.99. The average Bonchev–Trinajstić information content (AvgIpc) is 3.15. The first-order valence-corrected chi connectivity index (χ1v) is 12.4. The molecule has 0 atom stereocenters. The largest absolute Gasteiger partial charge is 0.493 e. The van der Waals surface area contributed by atoms with Gasteiger partial charge in [-0.15, -0.1) is 0 Å². The van der Waals surface area contributed by atoms with Crippen LogP contribution in [0.3, 0.4) is 0 Å². The molecule has 0 aliphatic carbocycles. The highest BCUT2D eigenvalue weighted by Gasteiger charge is 2.35. The topological polar surface area (TPSA) is 55.8 Å². The van der Waals surface area contributed by atoms with Crippen LogP contribution in [0.4, 0.5) is 4.79 Å². The summed E-state index contributed by atoms with van der Waals surface area (Å²) in [5, 5.41) is 1.84. The van der Waals surface area contributed by atoms with Crippen LogP contribution in [-0.2, 0) is 17.9 Å². The van der Waals surface area contributed by atoms with Crippen LogP contribution in [0.15, 0.2) is 89.8 Å². The normalized spacial score (nSPS) is 14.6. The minimum Gasteiger partial charge on any atom is -0.493 e. The Bertz CT molecular complexity index is 1490. The Morgan fingerprint density at radius 3 is 2.53 bits per heavy atom. The SMILES string of the molecule is COc1cc(/C=C2\SC(=O)N(Cc3cccc4ccccc34)C2=O)ccc1OCc1cccc(C)c1. The van der Waals surface area contributed by atoms with Crippen LogP contribution in [0.1, 0.15) is 22.3 Å². The molecule has 0 bridgehead atoms. The van der Waals surface area contributed by atoms with Crippen molar-refractivity contribution in [2.24, 2.45) is 0 Å². The molecule has 1 aliphatic rings. The van der Waals surface area contributed by atoms with Crippen molar-refractivity contribution in [3.05, 3.63) is 112 Å². The quantitative estimate of drug-likeness (QED) is 0.259. The number of rotatable bonds is 7. The lowest BCUT2D eigenvalue weighted by Gasteiger charge is -2.14. The molecule has 4 aromatic rings. The number of nitrogens with zero attached hydrogens (tertiary/aromatic N) is 1. The molecule has 1 aliphatic heterocycles. The van der Waals surface area contributed by atoms with E-state index in [1.54, 1.807) is 13.2 Å². The molecule has 6 heteroatoms. The van der Waals surface area contributed by atoms with E-state index in [4.69, 9.17) is 9.47 Å². The molecule has 0 saturated carbocycles. The number of carbonyl (C=O) groups is 2. The van der Waals surface area contributed by atoms with Gasteiger partial charge in [-0.25, -0.2) is 0 Å². The van der Waals surface area contributed by atoms with Crippen molar-refractivity contribution < 1.29 is 19.1 Å². The van der Waals surface area contributed by atoms with Crippen molar-refractivity contribution in [2.45, 2.75) is 20.1 Å². The number of imide groups is 1. The highest BCUT2D eigenvalue weighted by Crippen LogP contribution is 2.36. The highest BCUT2D eigenvalue weighted by atomic mass is 32.2. The Morgan fingerprint density at radius 2 is 1.69 bits per heavy atom. The second-order valence-electron chi connectivity index (χ2n) is 8.59. The van der Waals surface area contributed by atoms with Gasteiger partial charge in [0.1, 0.15) is 6.61 Å². The summed E-state index contributed by atoms with van der Waals surface area (Å²) < 4.78 is 11.5. The predicted molar refractivity (Wildman–Crippen MR) is 144 cm³/mol.